The van der Waals surface area contributed by atoms with Gasteiger partial charge < -0.3 is 10.2 Å². The minimum atomic E-state index is -0.236. The predicted octanol–water partition coefficient (Wildman–Crippen LogP) is 3.78. The van der Waals surface area contributed by atoms with E-state index in [1.807, 2.05) is 30.5 Å². The van der Waals surface area contributed by atoms with Crippen molar-refractivity contribution in [3.05, 3.63) is 59.8 Å². The molecule has 3 nitrogen and oxygen atoms in total. The van der Waals surface area contributed by atoms with E-state index in [9.17, 15) is 4.39 Å². The summed E-state index contributed by atoms with van der Waals surface area (Å²) in [6.07, 6.45) is 7.40. The highest BCUT2D eigenvalue weighted by Crippen LogP contribution is 2.45. The summed E-state index contributed by atoms with van der Waals surface area (Å²) in [7, 11) is 4.11. The fourth-order valence-electron chi connectivity index (χ4n) is 3.93. The molecule has 1 N–H and O–H groups in total. The van der Waals surface area contributed by atoms with E-state index in [2.05, 4.69) is 50.1 Å². The number of rotatable bonds is 2. The second-order valence-electron chi connectivity index (χ2n) is 7.81. The monoisotopic (exact) mass is 327 g/mol. The normalized spacial score (nSPS) is 27.0. The first-order valence-corrected chi connectivity index (χ1v) is 8.43. The second kappa shape index (κ2) is 6.17. The van der Waals surface area contributed by atoms with E-state index >= 15 is 0 Å². The molecule has 0 bridgehead atoms. The molecule has 2 aliphatic rings. The first kappa shape index (κ1) is 16.9. The van der Waals surface area contributed by atoms with E-state index in [0.717, 1.165) is 16.8 Å². The number of likely N-dealkylation sites (N-methyl/N-ethyl adjacent to an activating group) is 1. The van der Waals surface area contributed by atoms with Gasteiger partial charge in [-0.25, -0.2) is 4.39 Å². The second-order valence-corrected chi connectivity index (χ2v) is 7.81. The Bertz CT molecular complexity index is 695. The third-order valence-corrected chi connectivity index (χ3v) is 4.84. The van der Waals surface area contributed by atoms with Crippen LogP contribution in [0.2, 0.25) is 0 Å². The number of allylic oxidation sites excluding steroid dienone is 2. The van der Waals surface area contributed by atoms with Gasteiger partial charge in [-0.15, -0.1) is 0 Å². The molecule has 0 saturated heterocycles. The Morgan fingerprint density at radius 1 is 1.21 bits per heavy atom. The molecule has 2 heterocycles. The van der Waals surface area contributed by atoms with Gasteiger partial charge in [0, 0.05) is 29.9 Å². The van der Waals surface area contributed by atoms with E-state index in [-0.39, 0.29) is 29.2 Å². The van der Waals surface area contributed by atoms with E-state index in [0.29, 0.717) is 0 Å². The topological polar surface area (TPSA) is 28.2 Å². The number of fused-ring (bicyclic) bond motifs is 1. The van der Waals surface area contributed by atoms with Crippen molar-refractivity contribution in [2.24, 2.45) is 11.3 Å². The number of hydrogen-bond donors (Lipinski definition) is 1. The minimum absolute atomic E-state index is 0.0343. The van der Waals surface area contributed by atoms with E-state index < -0.39 is 0 Å². The fourth-order valence-corrected chi connectivity index (χ4v) is 3.93. The Kier molecular flexibility index (Phi) is 4.35. The highest BCUT2D eigenvalue weighted by Gasteiger charge is 2.44. The highest BCUT2D eigenvalue weighted by atomic mass is 19.1. The fraction of sp³-hybridized carbons (Fsp3) is 0.450. The van der Waals surface area contributed by atoms with Crippen molar-refractivity contribution >= 4 is 5.57 Å². The molecule has 1 aliphatic heterocycles. The molecule has 0 spiro atoms. The van der Waals surface area contributed by atoms with E-state index in [1.54, 1.807) is 12.3 Å². The lowest BCUT2D eigenvalue weighted by Crippen LogP contribution is -2.52. The molecule has 4 heteroatoms. The largest absolute Gasteiger partial charge is 0.384 e. The van der Waals surface area contributed by atoms with Gasteiger partial charge in [0.1, 0.15) is 5.83 Å². The zero-order valence-corrected chi connectivity index (χ0v) is 15.0. The van der Waals surface area contributed by atoms with Gasteiger partial charge in [-0.05, 0) is 43.3 Å². The summed E-state index contributed by atoms with van der Waals surface area (Å²) in [5.41, 5.74) is 2.68. The molecule has 3 unspecified atom stereocenters. The lowest BCUT2D eigenvalue weighted by molar-refractivity contribution is 0.223. The maximum absolute atomic E-state index is 14.8. The van der Waals surface area contributed by atoms with E-state index in [1.165, 1.54) is 0 Å². The van der Waals surface area contributed by atoms with Gasteiger partial charge in [0.25, 0.3) is 0 Å². The standard InChI is InChI=1S/C20H26FN3/c1-20(2,3)18-14(21)9-10-16-17(18)19(24(4)5)13(12-23-16)15-8-6-7-11-22-15/h6-12,16-17,19,23H,1-5H3. The summed E-state index contributed by atoms with van der Waals surface area (Å²) in [6.45, 7) is 6.26. The summed E-state index contributed by atoms with van der Waals surface area (Å²) < 4.78 is 14.8. The van der Waals surface area contributed by atoms with Crippen LogP contribution < -0.4 is 5.32 Å². The Morgan fingerprint density at radius 3 is 2.54 bits per heavy atom. The summed E-state index contributed by atoms with van der Waals surface area (Å²) >= 11 is 0. The molecule has 0 aromatic carbocycles. The van der Waals surface area contributed by atoms with Gasteiger partial charge in [-0.1, -0.05) is 32.9 Å². The van der Waals surface area contributed by atoms with Crippen LogP contribution in [0, 0.1) is 11.3 Å². The average molecular weight is 327 g/mol. The lowest BCUT2D eigenvalue weighted by atomic mass is 9.67. The molecular formula is C20H26FN3. The third-order valence-electron chi connectivity index (χ3n) is 4.84. The van der Waals surface area contributed by atoms with Crippen LogP contribution >= 0.6 is 0 Å². The van der Waals surface area contributed by atoms with Gasteiger partial charge in [-0.3, -0.25) is 4.98 Å². The molecular weight excluding hydrogens is 301 g/mol. The maximum Gasteiger partial charge on any atom is 0.123 e. The van der Waals surface area contributed by atoms with Gasteiger partial charge in [0.05, 0.1) is 11.7 Å². The molecule has 1 aliphatic carbocycles. The van der Waals surface area contributed by atoms with Crippen molar-refractivity contribution < 1.29 is 4.39 Å². The van der Waals surface area contributed by atoms with Crippen molar-refractivity contribution in [1.29, 1.82) is 0 Å². The number of nitrogens with zero attached hydrogens (tertiary/aromatic N) is 2. The van der Waals surface area contributed by atoms with Crippen molar-refractivity contribution in [2.45, 2.75) is 32.9 Å². The maximum atomic E-state index is 14.8. The number of hydrogen-bond acceptors (Lipinski definition) is 3. The SMILES string of the molecule is CN(C)C1C(c2ccccn2)=CNC2C=CC(F)=C(C(C)(C)C)C21. The smallest absolute Gasteiger partial charge is 0.123 e. The van der Waals surface area contributed by atoms with Crippen LogP contribution in [0.25, 0.3) is 5.57 Å². The number of halogens is 1. The highest BCUT2D eigenvalue weighted by molar-refractivity contribution is 5.69. The number of pyridine rings is 1. The molecule has 24 heavy (non-hydrogen) atoms. The van der Waals surface area contributed by atoms with Crippen molar-refractivity contribution in [2.75, 3.05) is 14.1 Å². The van der Waals surface area contributed by atoms with Crippen molar-refractivity contribution in [3.63, 3.8) is 0 Å². The van der Waals surface area contributed by atoms with Crippen molar-refractivity contribution in [3.8, 4) is 0 Å². The first-order valence-electron chi connectivity index (χ1n) is 8.43. The Labute approximate surface area is 144 Å². The van der Waals surface area contributed by atoms with Crippen LogP contribution in [0.15, 0.2) is 54.1 Å². The van der Waals surface area contributed by atoms with Gasteiger partial charge in [-0.2, -0.15) is 0 Å². The third kappa shape index (κ3) is 2.91. The lowest BCUT2D eigenvalue weighted by Gasteiger charge is -2.46. The molecule has 128 valence electrons. The molecule has 3 rings (SSSR count). The number of nitrogens with one attached hydrogen (secondary N) is 1. The summed E-state index contributed by atoms with van der Waals surface area (Å²) in [5.74, 6) is -0.0633. The van der Waals surface area contributed by atoms with Crippen molar-refractivity contribution in [1.82, 2.24) is 15.2 Å². The molecule has 1 aromatic heterocycles. The molecule has 0 radical (unpaired) electrons. The van der Waals surface area contributed by atoms with Crippen LogP contribution in [0.4, 0.5) is 4.39 Å². The van der Waals surface area contributed by atoms with Gasteiger partial charge in [0.2, 0.25) is 0 Å². The zero-order valence-electron chi connectivity index (χ0n) is 15.0. The van der Waals surface area contributed by atoms with Crippen LogP contribution in [-0.2, 0) is 0 Å². The van der Waals surface area contributed by atoms with E-state index in [4.69, 9.17) is 0 Å². The Balaban J connectivity index is 2.13. The molecule has 3 atom stereocenters. The summed E-state index contributed by atoms with van der Waals surface area (Å²) in [5, 5.41) is 3.46. The van der Waals surface area contributed by atoms with Crippen LogP contribution in [0.5, 0.6) is 0 Å². The summed E-state index contributed by atoms with van der Waals surface area (Å²) in [6, 6.07) is 6.08. The zero-order chi connectivity index (χ0) is 17.5. The Hall–Kier alpha value is -1.94. The first-order chi connectivity index (χ1) is 11.3. The molecule has 0 saturated carbocycles. The summed E-state index contributed by atoms with van der Waals surface area (Å²) in [4.78, 5) is 6.69. The van der Waals surface area contributed by atoms with Gasteiger partial charge in [0.15, 0.2) is 0 Å². The molecule has 0 fully saturated rings. The van der Waals surface area contributed by atoms with Crippen LogP contribution in [-0.4, -0.2) is 36.1 Å². The average Bonchev–Trinajstić information content (AvgIpc) is 2.52. The Morgan fingerprint density at radius 2 is 1.96 bits per heavy atom. The van der Waals surface area contributed by atoms with Crippen LogP contribution in [0.1, 0.15) is 26.5 Å². The molecule has 1 aromatic rings. The van der Waals surface area contributed by atoms with Gasteiger partial charge >= 0.3 is 0 Å². The quantitative estimate of drug-likeness (QED) is 0.896. The predicted molar refractivity (Wildman–Crippen MR) is 96.8 cm³/mol. The minimum Gasteiger partial charge on any atom is -0.384 e. The number of aromatic nitrogens is 1. The molecule has 0 amide bonds. The van der Waals surface area contributed by atoms with Crippen LogP contribution in [0.3, 0.4) is 0 Å².